The van der Waals surface area contributed by atoms with Crippen LogP contribution >= 0.6 is 0 Å². The summed E-state index contributed by atoms with van der Waals surface area (Å²) < 4.78 is 0. The van der Waals surface area contributed by atoms with Gasteiger partial charge in [0.25, 0.3) is 0 Å². The van der Waals surface area contributed by atoms with E-state index >= 15 is 0 Å². The van der Waals surface area contributed by atoms with Crippen LogP contribution in [0.3, 0.4) is 0 Å². The Labute approximate surface area is 104 Å². The van der Waals surface area contributed by atoms with Crippen LogP contribution < -0.4 is 10.6 Å². The van der Waals surface area contributed by atoms with Gasteiger partial charge in [-0.2, -0.15) is 0 Å². The number of carbonyl (C=O) groups excluding carboxylic acids is 1. The molecule has 3 heteroatoms. The molecule has 0 bridgehead atoms. The molecule has 0 radical (unpaired) electrons. The maximum Gasteiger partial charge on any atom is 0.240 e. The van der Waals surface area contributed by atoms with Crippen molar-refractivity contribution in [2.24, 2.45) is 0 Å². The fraction of sp³-hybridized carbons (Fsp3) is 0.500. The van der Waals surface area contributed by atoms with E-state index in [1.54, 1.807) is 0 Å². The first-order chi connectivity index (χ1) is 7.97. The third-order valence-corrected chi connectivity index (χ3v) is 2.83. The van der Waals surface area contributed by atoms with Crippen molar-refractivity contribution < 1.29 is 4.79 Å². The van der Waals surface area contributed by atoms with Gasteiger partial charge in [-0.1, -0.05) is 37.3 Å². The van der Waals surface area contributed by atoms with E-state index < -0.39 is 5.54 Å². The summed E-state index contributed by atoms with van der Waals surface area (Å²) in [7, 11) is 0. The molecule has 0 saturated heterocycles. The van der Waals surface area contributed by atoms with Crippen molar-refractivity contribution >= 4 is 5.91 Å². The maximum absolute atomic E-state index is 12.1. The minimum absolute atomic E-state index is 0.0238. The van der Waals surface area contributed by atoms with Gasteiger partial charge in [-0.05, 0) is 32.9 Å². The molecule has 1 amide bonds. The number of amides is 1. The molecule has 0 unspecified atom stereocenters. The third-order valence-electron chi connectivity index (χ3n) is 2.83. The first-order valence-electron chi connectivity index (χ1n) is 6.08. The third kappa shape index (κ3) is 3.86. The molecule has 2 N–H and O–H groups in total. The van der Waals surface area contributed by atoms with Gasteiger partial charge in [-0.3, -0.25) is 4.79 Å². The minimum atomic E-state index is -0.530. The Kier molecular flexibility index (Phi) is 4.70. The van der Waals surface area contributed by atoms with Gasteiger partial charge < -0.3 is 10.6 Å². The quantitative estimate of drug-likeness (QED) is 0.820. The van der Waals surface area contributed by atoms with Crippen molar-refractivity contribution in [2.75, 3.05) is 6.54 Å². The Morgan fingerprint density at radius 1 is 1.29 bits per heavy atom. The summed E-state index contributed by atoms with van der Waals surface area (Å²) in [6, 6.07) is 10.00. The van der Waals surface area contributed by atoms with Crippen molar-refractivity contribution in [3.8, 4) is 0 Å². The van der Waals surface area contributed by atoms with Crippen LogP contribution in [-0.2, 0) is 4.79 Å². The fourth-order valence-electron chi connectivity index (χ4n) is 1.72. The predicted octanol–water partition coefficient (Wildman–Crippen LogP) is 2.25. The van der Waals surface area contributed by atoms with Crippen LogP contribution in [0.25, 0.3) is 0 Å². The summed E-state index contributed by atoms with van der Waals surface area (Å²) in [5.74, 6) is 0.0238. The van der Waals surface area contributed by atoms with Crippen LogP contribution in [0.2, 0.25) is 0 Å². The van der Waals surface area contributed by atoms with E-state index in [0.717, 1.165) is 12.1 Å². The van der Waals surface area contributed by atoms with Gasteiger partial charge >= 0.3 is 0 Å². The van der Waals surface area contributed by atoms with Crippen LogP contribution in [-0.4, -0.2) is 18.0 Å². The SMILES string of the molecule is CCNC(C)(C)C(=O)N[C@@H](C)c1ccccc1. The molecule has 1 aromatic rings. The van der Waals surface area contributed by atoms with Gasteiger partial charge in [-0.15, -0.1) is 0 Å². The highest BCUT2D eigenvalue weighted by atomic mass is 16.2. The number of benzene rings is 1. The zero-order chi connectivity index (χ0) is 12.9. The second-order valence-electron chi connectivity index (χ2n) is 4.76. The highest BCUT2D eigenvalue weighted by molar-refractivity contribution is 5.85. The molecule has 1 rings (SSSR count). The van der Waals surface area contributed by atoms with E-state index in [0.29, 0.717) is 0 Å². The topological polar surface area (TPSA) is 41.1 Å². The van der Waals surface area contributed by atoms with E-state index in [1.807, 2.05) is 58.0 Å². The van der Waals surface area contributed by atoms with Gasteiger partial charge in [0, 0.05) is 0 Å². The molecule has 1 atom stereocenters. The average Bonchev–Trinajstić information content (AvgIpc) is 2.30. The monoisotopic (exact) mass is 234 g/mol. The lowest BCUT2D eigenvalue weighted by Crippen LogP contribution is -2.52. The molecule has 17 heavy (non-hydrogen) atoms. The molecule has 0 aromatic heterocycles. The molecule has 0 aliphatic rings. The van der Waals surface area contributed by atoms with Gasteiger partial charge in [0.2, 0.25) is 5.91 Å². The molecular formula is C14H22N2O. The van der Waals surface area contributed by atoms with Gasteiger partial charge in [0.05, 0.1) is 11.6 Å². The molecule has 0 aliphatic heterocycles. The lowest BCUT2D eigenvalue weighted by Gasteiger charge is -2.26. The fourth-order valence-corrected chi connectivity index (χ4v) is 1.72. The largest absolute Gasteiger partial charge is 0.348 e. The van der Waals surface area contributed by atoms with Crippen LogP contribution in [0.5, 0.6) is 0 Å². The normalized spacial score (nSPS) is 13.2. The zero-order valence-electron chi connectivity index (χ0n) is 11.1. The Morgan fingerprint density at radius 2 is 1.88 bits per heavy atom. The second-order valence-corrected chi connectivity index (χ2v) is 4.76. The molecular weight excluding hydrogens is 212 g/mol. The van der Waals surface area contributed by atoms with E-state index in [1.165, 1.54) is 0 Å². The first-order valence-corrected chi connectivity index (χ1v) is 6.08. The standard InChI is InChI=1S/C14H22N2O/c1-5-15-14(3,4)13(17)16-11(2)12-9-7-6-8-10-12/h6-11,15H,5H2,1-4H3,(H,16,17)/t11-/m0/s1. The van der Waals surface area contributed by atoms with Crippen molar-refractivity contribution in [1.82, 2.24) is 10.6 Å². The average molecular weight is 234 g/mol. The highest BCUT2D eigenvalue weighted by Gasteiger charge is 2.27. The summed E-state index contributed by atoms with van der Waals surface area (Å²) in [6.45, 7) is 8.55. The van der Waals surface area contributed by atoms with Gasteiger partial charge in [0.1, 0.15) is 0 Å². The number of rotatable bonds is 5. The number of hydrogen-bond donors (Lipinski definition) is 2. The molecule has 0 aliphatic carbocycles. The maximum atomic E-state index is 12.1. The Morgan fingerprint density at radius 3 is 2.41 bits per heavy atom. The number of hydrogen-bond acceptors (Lipinski definition) is 2. The van der Waals surface area contributed by atoms with E-state index in [4.69, 9.17) is 0 Å². The summed E-state index contributed by atoms with van der Waals surface area (Å²) in [5, 5.41) is 6.19. The Balaban J connectivity index is 2.63. The molecule has 1 aromatic carbocycles. The molecule has 0 heterocycles. The molecule has 94 valence electrons. The van der Waals surface area contributed by atoms with Crippen molar-refractivity contribution in [3.63, 3.8) is 0 Å². The number of carbonyl (C=O) groups is 1. The van der Waals surface area contributed by atoms with Crippen molar-refractivity contribution in [1.29, 1.82) is 0 Å². The molecule has 0 fully saturated rings. The minimum Gasteiger partial charge on any atom is -0.348 e. The molecule has 0 spiro atoms. The van der Waals surface area contributed by atoms with E-state index in [-0.39, 0.29) is 11.9 Å². The Bertz CT molecular complexity index is 360. The van der Waals surface area contributed by atoms with Crippen molar-refractivity contribution in [2.45, 2.75) is 39.3 Å². The van der Waals surface area contributed by atoms with Crippen LogP contribution in [0, 0.1) is 0 Å². The lowest BCUT2D eigenvalue weighted by molar-refractivity contribution is -0.127. The van der Waals surface area contributed by atoms with E-state index in [9.17, 15) is 4.79 Å². The molecule has 3 nitrogen and oxygen atoms in total. The van der Waals surface area contributed by atoms with Crippen LogP contribution in [0.15, 0.2) is 30.3 Å². The van der Waals surface area contributed by atoms with Gasteiger partial charge in [-0.25, -0.2) is 0 Å². The zero-order valence-corrected chi connectivity index (χ0v) is 11.1. The van der Waals surface area contributed by atoms with Gasteiger partial charge in [0.15, 0.2) is 0 Å². The van der Waals surface area contributed by atoms with Crippen LogP contribution in [0.4, 0.5) is 0 Å². The smallest absolute Gasteiger partial charge is 0.240 e. The predicted molar refractivity (Wildman–Crippen MR) is 70.8 cm³/mol. The first kappa shape index (κ1) is 13.7. The summed E-state index contributed by atoms with van der Waals surface area (Å²) in [6.07, 6.45) is 0. The van der Waals surface area contributed by atoms with Crippen LogP contribution in [0.1, 0.15) is 39.3 Å². The number of nitrogens with one attached hydrogen (secondary N) is 2. The lowest BCUT2D eigenvalue weighted by atomic mass is 10.0. The van der Waals surface area contributed by atoms with Crippen molar-refractivity contribution in [3.05, 3.63) is 35.9 Å². The van der Waals surface area contributed by atoms with E-state index in [2.05, 4.69) is 10.6 Å². The second kappa shape index (κ2) is 5.82. The summed E-state index contributed by atoms with van der Waals surface area (Å²) >= 11 is 0. The number of likely N-dealkylation sites (N-methyl/N-ethyl adjacent to an activating group) is 1. The molecule has 0 saturated carbocycles. The summed E-state index contributed by atoms with van der Waals surface area (Å²) in [4.78, 5) is 12.1. The highest BCUT2D eigenvalue weighted by Crippen LogP contribution is 2.13. The Hall–Kier alpha value is -1.35. The summed E-state index contributed by atoms with van der Waals surface area (Å²) in [5.41, 5.74) is 0.589.